The third-order valence-electron chi connectivity index (χ3n) is 2.33. The summed E-state index contributed by atoms with van der Waals surface area (Å²) in [6, 6.07) is 1.97. The second kappa shape index (κ2) is 7.31. The Morgan fingerprint density at radius 1 is 1.39 bits per heavy atom. The number of hydrogen-bond acceptors (Lipinski definition) is 5. The molecule has 0 radical (unpaired) electrons. The maximum Gasteiger partial charge on any atom is 0.337 e. The summed E-state index contributed by atoms with van der Waals surface area (Å²) in [7, 11) is -0.669. The van der Waals surface area contributed by atoms with Crippen LogP contribution in [0.4, 0.5) is 0 Å². The summed E-state index contributed by atoms with van der Waals surface area (Å²) < 4.78 is 23.2. The van der Waals surface area contributed by atoms with Gasteiger partial charge in [0.25, 0.3) is 0 Å². The summed E-state index contributed by atoms with van der Waals surface area (Å²) in [6.07, 6.45) is 0.746. The van der Waals surface area contributed by atoms with Gasteiger partial charge < -0.3 is 9.05 Å². The summed E-state index contributed by atoms with van der Waals surface area (Å²) in [5.74, 6) is -0.128. The molecule has 0 N–H and O–H groups in total. The molecule has 0 aliphatic carbocycles. The van der Waals surface area contributed by atoms with Crippen LogP contribution >= 0.6 is 50.8 Å². The van der Waals surface area contributed by atoms with Crippen molar-refractivity contribution >= 4 is 56.6 Å². The number of Topliss-reactive ketones (excluding diaryl/α,β-unsaturated/α-hetero) is 1. The van der Waals surface area contributed by atoms with Gasteiger partial charge in [-0.3, -0.25) is 9.36 Å². The van der Waals surface area contributed by atoms with Gasteiger partial charge in [0.1, 0.15) is 11.9 Å². The highest BCUT2D eigenvalue weighted by molar-refractivity contribution is 9.12. The minimum atomic E-state index is -3.23. The number of hydrogen-bond donors (Lipinski definition) is 0. The molecule has 4 nitrogen and oxygen atoms in total. The molecule has 0 saturated heterocycles. The number of carbonyl (C=O) groups is 1. The number of thiophene rings is 1. The Morgan fingerprint density at radius 3 is 2.44 bits per heavy atom. The Morgan fingerprint density at radius 2 is 2.00 bits per heavy atom. The molecular weight excluding hydrogens is 407 g/mol. The zero-order valence-corrected chi connectivity index (χ0v) is 14.8. The van der Waals surface area contributed by atoms with Gasteiger partial charge in [-0.1, -0.05) is 0 Å². The molecule has 8 heteroatoms. The smallest absolute Gasteiger partial charge is 0.312 e. The van der Waals surface area contributed by atoms with Crippen LogP contribution in [0.15, 0.2) is 13.6 Å². The molecule has 0 spiro atoms. The minimum Gasteiger partial charge on any atom is -0.312 e. The van der Waals surface area contributed by atoms with Crippen LogP contribution in [-0.4, -0.2) is 26.2 Å². The standard InChI is InChI=1S/C10H13Br2O4PS/c1-15-17(14,16-2)6-8(13)4-3-7-5-9(11)18-10(7)12/h5H,3-4,6H2,1-2H3. The van der Waals surface area contributed by atoms with Gasteiger partial charge in [-0.05, 0) is 49.9 Å². The molecule has 1 rings (SSSR count). The molecule has 102 valence electrons. The quantitative estimate of drug-likeness (QED) is 0.619. The first-order valence-electron chi connectivity index (χ1n) is 5.06. The number of aryl methyl sites for hydroxylation is 1. The predicted molar refractivity (Wildman–Crippen MR) is 79.5 cm³/mol. The summed E-state index contributed by atoms with van der Waals surface area (Å²) in [5, 5.41) is 0. The van der Waals surface area contributed by atoms with E-state index < -0.39 is 7.60 Å². The van der Waals surface area contributed by atoms with Crippen molar-refractivity contribution < 1.29 is 18.4 Å². The van der Waals surface area contributed by atoms with E-state index in [2.05, 4.69) is 31.9 Å². The maximum absolute atomic E-state index is 11.8. The van der Waals surface area contributed by atoms with E-state index >= 15 is 0 Å². The fourth-order valence-electron chi connectivity index (χ4n) is 1.32. The van der Waals surface area contributed by atoms with Crippen LogP contribution in [-0.2, 0) is 24.8 Å². The lowest BCUT2D eigenvalue weighted by molar-refractivity contribution is -0.116. The predicted octanol–water partition coefficient (Wildman–Crippen LogP) is 4.26. The average molecular weight is 420 g/mol. The molecule has 0 saturated carbocycles. The molecule has 18 heavy (non-hydrogen) atoms. The van der Waals surface area contributed by atoms with Crippen molar-refractivity contribution in [3.05, 3.63) is 19.2 Å². The first-order valence-corrected chi connectivity index (χ1v) is 9.19. The summed E-state index contributed by atoms with van der Waals surface area (Å²) in [4.78, 5) is 11.7. The monoisotopic (exact) mass is 418 g/mol. The van der Waals surface area contributed by atoms with Gasteiger partial charge >= 0.3 is 7.60 Å². The average Bonchev–Trinajstić information content (AvgIpc) is 2.65. The number of carbonyl (C=O) groups excluding carboxylic acids is 1. The Bertz CT molecular complexity index is 466. The molecule has 0 aliphatic rings. The van der Waals surface area contributed by atoms with Crippen LogP contribution < -0.4 is 0 Å². The van der Waals surface area contributed by atoms with Crippen LogP contribution in [0.5, 0.6) is 0 Å². The molecule has 0 aliphatic heterocycles. The van der Waals surface area contributed by atoms with Crippen molar-refractivity contribution in [3.8, 4) is 0 Å². The largest absolute Gasteiger partial charge is 0.337 e. The third kappa shape index (κ3) is 4.87. The van der Waals surface area contributed by atoms with E-state index in [0.717, 1.165) is 13.1 Å². The molecule has 1 aromatic heterocycles. The van der Waals surface area contributed by atoms with Crippen LogP contribution in [0.25, 0.3) is 0 Å². The van der Waals surface area contributed by atoms with Gasteiger partial charge in [0.05, 0.1) is 7.57 Å². The van der Waals surface area contributed by atoms with E-state index in [1.165, 1.54) is 14.2 Å². The normalized spacial score (nSPS) is 11.8. The van der Waals surface area contributed by atoms with Crippen molar-refractivity contribution in [2.45, 2.75) is 12.8 Å². The molecular formula is C10H13Br2O4PS. The Hall–Kier alpha value is 0.480. The Balaban J connectivity index is 2.52. The van der Waals surface area contributed by atoms with E-state index in [1.54, 1.807) is 11.3 Å². The molecule has 1 aromatic rings. The first kappa shape index (κ1) is 16.5. The van der Waals surface area contributed by atoms with E-state index in [9.17, 15) is 9.36 Å². The number of rotatable bonds is 7. The van der Waals surface area contributed by atoms with Gasteiger partial charge in [-0.15, -0.1) is 11.3 Å². The zero-order chi connectivity index (χ0) is 13.8. The maximum atomic E-state index is 11.8. The first-order chi connectivity index (χ1) is 8.40. The topological polar surface area (TPSA) is 52.6 Å². The highest BCUT2D eigenvalue weighted by Crippen LogP contribution is 2.46. The van der Waals surface area contributed by atoms with Crippen molar-refractivity contribution in [1.29, 1.82) is 0 Å². The van der Waals surface area contributed by atoms with E-state index in [-0.39, 0.29) is 11.9 Å². The van der Waals surface area contributed by atoms with Crippen molar-refractivity contribution in [2.24, 2.45) is 0 Å². The summed E-state index contributed by atoms with van der Waals surface area (Å²) >= 11 is 8.37. The van der Waals surface area contributed by atoms with Crippen LogP contribution in [0, 0.1) is 0 Å². The lowest BCUT2D eigenvalue weighted by Gasteiger charge is -2.12. The van der Waals surface area contributed by atoms with Gasteiger partial charge in [0.2, 0.25) is 0 Å². The Kier molecular flexibility index (Phi) is 6.72. The lowest BCUT2D eigenvalue weighted by Crippen LogP contribution is -2.08. The van der Waals surface area contributed by atoms with E-state index in [1.807, 2.05) is 6.07 Å². The lowest BCUT2D eigenvalue weighted by atomic mass is 10.1. The van der Waals surface area contributed by atoms with Crippen LogP contribution in [0.2, 0.25) is 0 Å². The van der Waals surface area contributed by atoms with E-state index in [4.69, 9.17) is 9.05 Å². The van der Waals surface area contributed by atoms with Crippen molar-refractivity contribution in [3.63, 3.8) is 0 Å². The number of halogens is 2. The van der Waals surface area contributed by atoms with Gasteiger partial charge in [-0.25, -0.2) is 0 Å². The minimum absolute atomic E-state index is 0.128. The second-order valence-corrected chi connectivity index (χ2v) is 9.54. The third-order valence-corrected chi connectivity index (χ3v) is 6.64. The molecule has 0 bridgehead atoms. The highest BCUT2D eigenvalue weighted by Gasteiger charge is 2.25. The summed E-state index contributed by atoms with van der Waals surface area (Å²) in [5.41, 5.74) is 1.06. The fourth-order valence-corrected chi connectivity index (χ4v) is 5.23. The molecule has 0 amide bonds. The van der Waals surface area contributed by atoms with Crippen molar-refractivity contribution in [2.75, 3.05) is 20.4 Å². The summed E-state index contributed by atoms with van der Waals surface area (Å²) in [6.45, 7) is 0. The zero-order valence-electron chi connectivity index (χ0n) is 9.94. The van der Waals surface area contributed by atoms with Gasteiger partial charge in [-0.2, -0.15) is 0 Å². The molecule has 0 fully saturated rings. The van der Waals surface area contributed by atoms with Crippen LogP contribution in [0.1, 0.15) is 12.0 Å². The number of ketones is 1. The Labute approximate surface area is 127 Å². The fraction of sp³-hybridized carbons (Fsp3) is 0.500. The second-order valence-electron chi connectivity index (χ2n) is 3.52. The van der Waals surface area contributed by atoms with Crippen LogP contribution in [0.3, 0.4) is 0 Å². The molecule has 0 aromatic carbocycles. The van der Waals surface area contributed by atoms with Crippen molar-refractivity contribution in [1.82, 2.24) is 0 Å². The van der Waals surface area contributed by atoms with Gasteiger partial charge in [0.15, 0.2) is 0 Å². The molecule has 0 atom stereocenters. The van der Waals surface area contributed by atoms with Gasteiger partial charge in [0, 0.05) is 20.6 Å². The SMILES string of the molecule is COP(=O)(CC(=O)CCc1cc(Br)sc1Br)OC. The highest BCUT2D eigenvalue weighted by atomic mass is 79.9. The molecule has 1 heterocycles. The van der Waals surface area contributed by atoms with E-state index in [0.29, 0.717) is 12.8 Å². The molecule has 0 unspecified atom stereocenters.